The number of rotatable bonds is 1. The molecule has 2 aliphatic rings. The Balaban J connectivity index is 2.06. The summed E-state index contributed by atoms with van der Waals surface area (Å²) in [5.74, 6) is 0. The Kier molecular flexibility index (Phi) is 2.75. The van der Waals surface area contributed by atoms with E-state index in [-0.39, 0.29) is 6.04 Å². The van der Waals surface area contributed by atoms with Crippen molar-refractivity contribution in [2.24, 2.45) is 5.73 Å². The van der Waals surface area contributed by atoms with Crippen molar-refractivity contribution >= 4 is 0 Å². The van der Waals surface area contributed by atoms with Crippen molar-refractivity contribution in [1.82, 2.24) is 5.32 Å². The second-order valence-electron chi connectivity index (χ2n) is 4.66. The summed E-state index contributed by atoms with van der Waals surface area (Å²) in [6.45, 7) is 4.37. The Morgan fingerprint density at radius 1 is 1.36 bits per heavy atom. The quantitative estimate of drug-likeness (QED) is 0.664. The molecule has 0 radical (unpaired) electrons. The lowest BCUT2D eigenvalue weighted by Crippen LogP contribution is -2.33. The van der Waals surface area contributed by atoms with Gasteiger partial charge >= 0.3 is 0 Å². The average Bonchev–Trinajstić information content (AvgIpc) is 2.57. The molecule has 2 nitrogen and oxygen atoms in total. The van der Waals surface area contributed by atoms with Gasteiger partial charge in [0.05, 0.1) is 0 Å². The van der Waals surface area contributed by atoms with Gasteiger partial charge in [-0.15, -0.1) is 0 Å². The monoisotopic (exact) mass is 192 g/mol. The number of nitrogens with one attached hydrogen (secondary N) is 1. The number of allylic oxidation sites excluding steroid dienone is 2. The molecule has 14 heavy (non-hydrogen) atoms. The van der Waals surface area contributed by atoms with Crippen LogP contribution in [0.2, 0.25) is 0 Å². The van der Waals surface area contributed by atoms with Crippen LogP contribution in [-0.2, 0) is 0 Å². The highest BCUT2D eigenvalue weighted by molar-refractivity contribution is 5.31. The Bertz CT molecular complexity index is 278. The summed E-state index contributed by atoms with van der Waals surface area (Å²) >= 11 is 0. The number of hydrogen-bond acceptors (Lipinski definition) is 2. The molecule has 0 bridgehead atoms. The Morgan fingerprint density at radius 3 is 2.71 bits per heavy atom. The molecule has 0 spiro atoms. The van der Waals surface area contributed by atoms with Crippen LogP contribution in [0.25, 0.3) is 0 Å². The molecular formula is C12H20N2. The standard InChI is InChI=1S/C12H20N2/c1-8-3-5-10(7-11(8)13)12-6-4-9(2)14-12/h3,5,9,11-12,14H,4,6-7,13H2,1-2H3. The van der Waals surface area contributed by atoms with Crippen LogP contribution in [0.1, 0.15) is 33.1 Å². The third-order valence-electron chi connectivity index (χ3n) is 3.42. The molecule has 0 aromatic carbocycles. The van der Waals surface area contributed by atoms with Crippen LogP contribution in [0.4, 0.5) is 0 Å². The van der Waals surface area contributed by atoms with Crippen molar-refractivity contribution in [2.75, 3.05) is 0 Å². The molecule has 1 aliphatic heterocycles. The topological polar surface area (TPSA) is 38.0 Å². The first-order chi connectivity index (χ1) is 6.66. The van der Waals surface area contributed by atoms with Gasteiger partial charge in [0.2, 0.25) is 0 Å². The van der Waals surface area contributed by atoms with Gasteiger partial charge in [-0.05, 0) is 33.1 Å². The van der Waals surface area contributed by atoms with Crippen LogP contribution in [0.3, 0.4) is 0 Å². The van der Waals surface area contributed by atoms with E-state index in [0.29, 0.717) is 12.1 Å². The fourth-order valence-corrected chi connectivity index (χ4v) is 2.32. The molecule has 3 atom stereocenters. The van der Waals surface area contributed by atoms with Crippen molar-refractivity contribution in [3.8, 4) is 0 Å². The van der Waals surface area contributed by atoms with Gasteiger partial charge in [0.1, 0.15) is 0 Å². The van der Waals surface area contributed by atoms with E-state index in [2.05, 4.69) is 31.3 Å². The number of nitrogens with two attached hydrogens (primary N) is 1. The molecular weight excluding hydrogens is 172 g/mol. The normalized spacial score (nSPS) is 38.1. The molecule has 1 saturated heterocycles. The minimum Gasteiger partial charge on any atom is -0.324 e. The van der Waals surface area contributed by atoms with Crippen LogP contribution < -0.4 is 11.1 Å². The minimum atomic E-state index is 0.243. The third kappa shape index (κ3) is 1.91. The van der Waals surface area contributed by atoms with E-state index < -0.39 is 0 Å². The maximum atomic E-state index is 6.03. The maximum Gasteiger partial charge on any atom is 0.0292 e. The molecule has 0 aromatic heterocycles. The Morgan fingerprint density at radius 2 is 2.14 bits per heavy atom. The van der Waals surface area contributed by atoms with Gasteiger partial charge in [-0.1, -0.05) is 23.3 Å². The summed E-state index contributed by atoms with van der Waals surface area (Å²) in [6, 6.07) is 1.50. The fraction of sp³-hybridized carbons (Fsp3) is 0.667. The molecule has 2 rings (SSSR count). The highest BCUT2D eigenvalue weighted by Gasteiger charge is 2.25. The summed E-state index contributed by atoms with van der Waals surface area (Å²) in [7, 11) is 0. The van der Waals surface area contributed by atoms with Gasteiger partial charge < -0.3 is 11.1 Å². The summed E-state index contributed by atoms with van der Waals surface area (Å²) in [4.78, 5) is 0. The predicted molar refractivity (Wildman–Crippen MR) is 60.1 cm³/mol. The summed E-state index contributed by atoms with van der Waals surface area (Å²) in [5, 5.41) is 3.61. The zero-order chi connectivity index (χ0) is 10.1. The maximum absolute atomic E-state index is 6.03. The van der Waals surface area contributed by atoms with Crippen molar-refractivity contribution in [3.63, 3.8) is 0 Å². The van der Waals surface area contributed by atoms with Gasteiger partial charge in [0.15, 0.2) is 0 Å². The van der Waals surface area contributed by atoms with Crippen LogP contribution in [0, 0.1) is 0 Å². The molecule has 1 fully saturated rings. The highest BCUT2D eigenvalue weighted by atomic mass is 15.0. The van der Waals surface area contributed by atoms with Crippen molar-refractivity contribution in [1.29, 1.82) is 0 Å². The van der Waals surface area contributed by atoms with Crippen LogP contribution in [-0.4, -0.2) is 18.1 Å². The lowest BCUT2D eigenvalue weighted by atomic mass is 9.90. The van der Waals surface area contributed by atoms with E-state index in [4.69, 9.17) is 5.73 Å². The molecule has 0 saturated carbocycles. The molecule has 78 valence electrons. The van der Waals surface area contributed by atoms with Crippen molar-refractivity contribution in [3.05, 3.63) is 23.3 Å². The fourth-order valence-electron chi connectivity index (χ4n) is 2.32. The van der Waals surface area contributed by atoms with E-state index in [1.807, 2.05) is 0 Å². The third-order valence-corrected chi connectivity index (χ3v) is 3.42. The second-order valence-corrected chi connectivity index (χ2v) is 4.66. The molecule has 1 heterocycles. The summed E-state index contributed by atoms with van der Waals surface area (Å²) in [6.07, 6.45) is 8.03. The van der Waals surface area contributed by atoms with Crippen molar-refractivity contribution in [2.45, 2.75) is 51.2 Å². The smallest absolute Gasteiger partial charge is 0.0292 e. The van der Waals surface area contributed by atoms with E-state index in [0.717, 1.165) is 6.42 Å². The first-order valence-corrected chi connectivity index (χ1v) is 5.55. The summed E-state index contributed by atoms with van der Waals surface area (Å²) < 4.78 is 0. The zero-order valence-corrected chi connectivity index (χ0v) is 9.09. The van der Waals surface area contributed by atoms with Crippen molar-refractivity contribution < 1.29 is 0 Å². The first kappa shape index (κ1) is 9.94. The second kappa shape index (κ2) is 3.87. The van der Waals surface area contributed by atoms with E-state index in [1.54, 1.807) is 0 Å². The minimum absolute atomic E-state index is 0.243. The lowest BCUT2D eigenvalue weighted by Gasteiger charge is -2.23. The average molecular weight is 192 g/mol. The molecule has 1 aliphatic carbocycles. The predicted octanol–water partition coefficient (Wildman–Crippen LogP) is 1.73. The van der Waals surface area contributed by atoms with Gasteiger partial charge in [0.25, 0.3) is 0 Å². The molecule has 3 unspecified atom stereocenters. The largest absolute Gasteiger partial charge is 0.324 e. The SMILES string of the molecule is CC1=CC=C(C2CCC(C)N2)CC1N. The lowest BCUT2D eigenvalue weighted by molar-refractivity contribution is 0.580. The molecule has 2 heteroatoms. The van der Waals surface area contributed by atoms with E-state index in [1.165, 1.54) is 24.0 Å². The van der Waals surface area contributed by atoms with Gasteiger partial charge in [0, 0.05) is 18.1 Å². The zero-order valence-electron chi connectivity index (χ0n) is 9.09. The molecule has 0 amide bonds. The Labute approximate surface area is 86.3 Å². The van der Waals surface area contributed by atoms with Gasteiger partial charge in [-0.2, -0.15) is 0 Å². The van der Waals surface area contributed by atoms with Gasteiger partial charge in [-0.25, -0.2) is 0 Å². The van der Waals surface area contributed by atoms with Crippen LogP contribution in [0.5, 0.6) is 0 Å². The molecule has 3 N–H and O–H groups in total. The molecule has 0 aromatic rings. The van der Waals surface area contributed by atoms with Crippen LogP contribution >= 0.6 is 0 Å². The van der Waals surface area contributed by atoms with E-state index >= 15 is 0 Å². The Hall–Kier alpha value is -0.600. The number of hydrogen-bond donors (Lipinski definition) is 2. The van der Waals surface area contributed by atoms with Gasteiger partial charge in [-0.3, -0.25) is 0 Å². The highest BCUT2D eigenvalue weighted by Crippen LogP contribution is 2.25. The summed E-state index contributed by atoms with van der Waals surface area (Å²) in [5.41, 5.74) is 8.83. The first-order valence-electron chi connectivity index (χ1n) is 5.55. The van der Waals surface area contributed by atoms with Crippen LogP contribution in [0.15, 0.2) is 23.3 Å². The van der Waals surface area contributed by atoms with E-state index in [9.17, 15) is 0 Å².